The number of ether oxygens (including phenoxy) is 1. The molecule has 6 nitrogen and oxygen atoms in total. The lowest BCUT2D eigenvalue weighted by Crippen LogP contribution is -2.41. The Balaban J connectivity index is 2.40. The van der Waals surface area contributed by atoms with Crippen LogP contribution in [-0.2, 0) is 19.6 Å². The quantitative estimate of drug-likeness (QED) is 0.783. The monoisotopic (exact) mass is 308 g/mol. The third kappa shape index (κ3) is 2.77. The summed E-state index contributed by atoms with van der Waals surface area (Å²) in [4.78, 5) is 11.8. The molecule has 1 aromatic carbocycles. The van der Waals surface area contributed by atoms with Gasteiger partial charge in [-0.2, -0.15) is 9.57 Å². The van der Waals surface area contributed by atoms with Crippen LogP contribution < -0.4 is 0 Å². The fourth-order valence-electron chi connectivity index (χ4n) is 2.46. The average Bonchev–Trinajstić information content (AvgIpc) is 2.96. The Kier molecular flexibility index (Phi) is 4.30. The van der Waals surface area contributed by atoms with Gasteiger partial charge >= 0.3 is 5.97 Å². The first-order valence-electron chi connectivity index (χ1n) is 6.52. The second kappa shape index (κ2) is 5.84. The van der Waals surface area contributed by atoms with Crippen LogP contribution in [-0.4, -0.2) is 38.4 Å². The molecule has 1 fully saturated rings. The molecule has 1 aliphatic rings. The first-order chi connectivity index (χ1) is 9.91. The molecule has 7 heteroatoms. The number of sulfonamides is 1. The molecule has 0 radical (unpaired) electrons. The van der Waals surface area contributed by atoms with E-state index in [9.17, 15) is 13.2 Å². The van der Waals surface area contributed by atoms with Crippen LogP contribution in [0.4, 0.5) is 0 Å². The molecular weight excluding hydrogens is 292 g/mol. The van der Waals surface area contributed by atoms with Crippen molar-refractivity contribution in [2.24, 2.45) is 0 Å². The highest BCUT2D eigenvalue weighted by atomic mass is 32.2. The van der Waals surface area contributed by atoms with E-state index in [0.29, 0.717) is 30.5 Å². The third-order valence-electron chi connectivity index (χ3n) is 3.60. The number of carbonyl (C=O) groups is 1. The van der Waals surface area contributed by atoms with E-state index in [1.165, 1.54) is 29.6 Å². The Morgan fingerprint density at radius 3 is 2.76 bits per heavy atom. The first-order valence-corrected chi connectivity index (χ1v) is 7.96. The molecule has 0 saturated carbocycles. The topological polar surface area (TPSA) is 87.5 Å². The highest BCUT2D eigenvalue weighted by Gasteiger charge is 2.40. The van der Waals surface area contributed by atoms with Crippen molar-refractivity contribution in [3.8, 4) is 6.07 Å². The van der Waals surface area contributed by atoms with E-state index in [4.69, 9.17) is 5.26 Å². The van der Waals surface area contributed by atoms with Crippen LogP contribution in [0.25, 0.3) is 0 Å². The van der Waals surface area contributed by atoms with Crippen molar-refractivity contribution in [1.29, 1.82) is 5.26 Å². The fourth-order valence-corrected chi connectivity index (χ4v) is 4.19. The second-order valence-electron chi connectivity index (χ2n) is 4.89. The van der Waals surface area contributed by atoms with Gasteiger partial charge in [0.2, 0.25) is 10.0 Å². The van der Waals surface area contributed by atoms with E-state index >= 15 is 0 Å². The van der Waals surface area contributed by atoms with Gasteiger partial charge in [-0.05, 0) is 43.5 Å². The summed E-state index contributed by atoms with van der Waals surface area (Å²) in [5.41, 5.74) is 1.02. The summed E-state index contributed by atoms with van der Waals surface area (Å²) in [6, 6.07) is 5.56. The first kappa shape index (κ1) is 15.5. The number of nitriles is 1. The van der Waals surface area contributed by atoms with Gasteiger partial charge in [-0.1, -0.05) is 0 Å². The van der Waals surface area contributed by atoms with E-state index in [0.717, 1.165) is 0 Å². The van der Waals surface area contributed by atoms with Crippen LogP contribution in [0.3, 0.4) is 0 Å². The van der Waals surface area contributed by atoms with E-state index in [1.54, 1.807) is 6.92 Å². The van der Waals surface area contributed by atoms with Crippen molar-refractivity contribution in [3.63, 3.8) is 0 Å². The minimum atomic E-state index is -3.77. The molecular formula is C14H16N2O4S. The summed E-state index contributed by atoms with van der Waals surface area (Å²) in [5, 5.41) is 8.90. The Bertz CT molecular complexity index is 706. The van der Waals surface area contributed by atoms with Crippen LogP contribution in [0.15, 0.2) is 23.1 Å². The number of esters is 1. The minimum absolute atomic E-state index is 0.0924. The van der Waals surface area contributed by atoms with Gasteiger partial charge in [0.1, 0.15) is 6.04 Å². The Morgan fingerprint density at radius 2 is 2.19 bits per heavy atom. The van der Waals surface area contributed by atoms with Crippen LogP contribution in [0.1, 0.15) is 24.0 Å². The van der Waals surface area contributed by atoms with Crippen molar-refractivity contribution in [2.45, 2.75) is 30.7 Å². The van der Waals surface area contributed by atoms with Crippen molar-refractivity contribution in [1.82, 2.24) is 4.31 Å². The molecule has 0 N–H and O–H groups in total. The van der Waals surface area contributed by atoms with Crippen molar-refractivity contribution in [2.75, 3.05) is 13.7 Å². The number of benzene rings is 1. The molecule has 21 heavy (non-hydrogen) atoms. The Labute approximate surface area is 124 Å². The number of aryl methyl sites for hydroxylation is 1. The van der Waals surface area contributed by atoms with Gasteiger partial charge in [-0.25, -0.2) is 8.42 Å². The average molecular weight is 308 g/mol. The lowest BCUT2D eigenvalue weighted by atomic mass is 10.1. The molecule has 0 amide bonds. The van der Waals surface area contributed by atoms with Gasteiger partial charge in [0.15, 0.2) is 0 Å². The van der Waals surface area contributed by atoms with Crippen LogP contribution in [0.5, 0.6) is 0 Å². The van der Waals surface area contributed by atoms with Gasteiger partial charge in [-0.15, -0.1) is 0 Å². The summed E-state index contributed by atoms with van der Waals surface area (Å²) in [6.07, 6.45) is 1.08. The number of hydrogen-bond donors (Lipinski definition) is 0. The Hall–Kier alpha value is -1.91. The molecule has 0 aromatic heterocycles. The highest BCUT2D eigenvalue weighted by molar-refractivity contribution is 7.89. The molecule has 2 rings (SSSR count). The number of rotatable bonds is 3. The summed E-state index contributed by atoms with van der Waals surface area (Å²) >= 11 is 0. The van der Waals surface area contributed by atoms with Crippen LogP contribution in [0.2, 0.25) is 0 Å². The predicted octanol–water partition coefficient (Wildman–Crippen LogP) is 1.19. The maximum Gasteiger partial charge on any atom is 0.324 e. The van der Waals surface area contributed by atoms with Gasteiger partial charge in [0.25, 0.3) is 0 Å². The highest BCUT2D eigenvalue weighted by Crippen LogP contribution is 2.27. The van der Waals surface area contributed by atoms with Gasteiger partial charge in [-0.3, -0.25) is 4.79 Å². The van der Waals surface area contributed by atoms with Crippen molar-refractivity contribution < 1.29 is 17.9 Å². The van der Waals surface area contributed by atoms with Gasteiger partial charge in [0, 0.05) is 6.54 Å². The molecule has 1 unspecified atom stereocenters. The molecule has 112 valence electrons. The number of carbonyl (C=O) groups excluding carboxylic acids is 1. The molecule has 0 bridgehead atoms. The standard InChI is InChI=1S/C14H16N2O4S/c1-10-8-12(6-5-11(10)9-15)21(18,19)16-7-3-4-13(16)14(17)20-2/h5-6,8,13H,3-4,7H2,1-2H3. The Morgan fingerprint density at radius 1 is 1.48 bits per heavy atom. The lowest BCUT2D eigenvalue weighted by Gasteiger charge is -2.22. The van der Waals surface area contributed by atoms with Gasteiger partial charge in [0.05, 0.1) is 23.6 Å². The van der Waals surface area contributed by atoms with E-state index in [-0.39, 0.29) is 4.90 Å². The van der Waals surface area contributed by atoms with Crippen LogP contribution >= 0.6 is 0 Å². The largest absolute Gasteiger partial charge is 0.468 e. The molecule has 1 saturated heterocycles. The zero-order valence-electron chi connectivity index (χ0n) is 11.9. The SMILES string of the molecule is COC(=O)C1CCCN1S(=O)(=O)c1ccc(C#N)c(C)c1. The summed E-state index contributed by atoms with van der Waals surface area (Å²) in [6.45, 7) is 1.97. The summed E-state index contributed by atoms with van der Waals surface area (Å²) < 4.78 is 31.2. The summed E-state index contributed by atoms with van der Waals surface area (Å²) in [5.74, 6) is -0.540. The number of methoxy groups -OCH3 is 1. The fraction of sp³-hybridized carbons (Fsp3) is 0.429. The molecule has 0 aliphatic carbocycles. The van der Waals surface area contributed by atoms with Crippen molar-refractivity contribution in [3.05, 3.63) is 29.3 Å². The number of hydrogen-bond acceptors (Lipinski definition) is 5. The molecule has 1 aliphatic heterocycles. The third-order valence-corrected chi connectivity index (χ3v) is 5.51. The van der Waals surface area contributed by atoms with Gasteiger partial charge < -0.3 is 4.74 Å². The zero-order chi connectivity index (χ0) is 15.6. The maximum atomic E-state index is 12.7. The molecule has 0 spiro atoms. The normalized spacial score (nSPS) is 19.2. The van der Waals surface area contributed by atoms with Crippen molar-refractivity contribution >= 4 is 16.0 Å². The zero-order valence-corrected chi connectivity index (χ0v) is 12.7. The van der Waals surface area contributed by atoms with E-state index < -0.39 is 22.0 Å². The smallest absolute Gasteiger partial charge is 0.324 e. The molecule has 1 aromatic rings. The molecule has 1 atom stereocenters. The lowest BCUT2D eigenvalue weighted by molar-refractivity contribution is -0.144. The predicted molar refractivity (Wildman–Crippen MR) is 74.8 cm³/mol. The molecule has 1 heterocycles. The summed E-state index contributed by atoms with van der Waals surface area (Å²) in [7, 11) is -2.52. The van der Waals surface area contributed by atoms with E-state index in [2.05, 4.69) is 4.74 Å². The number of nitrogens with zero attached hydrogens (tertiary/aromatic N) is 2. The van der Waals surface area contributed by atoms with Crippen LogP contribution in [0, 0.1) is 18.3 Å². The minimum Gasteiger partial charge on any atom is -0.468 e. The maximum absolute atomic E-state index is 12.7. The van der Waals surface area contributed by atoms with E-state index in [1.807, 2.05) is 6.07 Å². The second-order valence-corrected chi connectivity index (χ2v) is 6.78.